The number of hydrogen-bond donors (Lipinski definition) is 2. The molecule has 0 aliphatic rings. The first-order chi connectivity index (χ1) is 8.13. The van der Waals surface area contributed by atoms with Crippen molar-refractivity contribution in [1.82, 2.24) is 30.8 Å². The van der Waals surface area contributed by atoms with Crippen molar-refractivity contribution in [2.45, 2.75) is 18.5 Å². The van der Waals surface area contributed by atoms with Gasteiger partial charge >= 0.3 is 6.03 Å². The third-order valence-corrected chi connectivity index (χ3v) is 2.71. The molecule has 1 heterocycles. The predicted molar refractivity (Wildman–Crippen MR) is 61.4 cm³/mol. The molecule has 3 amide bonds. The number of aromatic nitrogens is 4. The van der Waals surface area contributed by atoms with E-state index in [1.165, 1.54) is 4.68 Å². The van der Waals surface area contributed by atoms with Gasteiger partial charge < -0.3 is 5.32 Å². The third-order valence-electron chi connectivity index (χ3n) is 1.70. The highest BCUT2D eigenvalue weighted by Gasteiger charge is 2.10. The summed E-state index contributed by atoms with van der Waals surface area (Å²) in [4.78, 5) is 22.5. The lowest BCUT2D eigenvalue weighted by atomic mass is 10.5. The summed E-state index contributed by atoms with van der Waals surface area (Å²) < 4.78 is 1.45. The molecule has 0 saturated carbocycles. The van der Waals surface area contributed by atoms with Gasteiger partial charge in [-0.05, 0) is 16.8 Å². The summed E-state index contributed by atoms with van der Waals surface area (Å²) in [5.41, 5.74) is 0. The van der Waals surface area contributed by atoms with Crippen molar-refractivity contribution in [3.63, 3.8) is 0 Å². The standard InChI is InChI=1S/C8H14N6O2S/c1-3-4-9-7(16)10-6(15)5-17-8-11-12-13-14(8)2/h3-5H2,1-2H3,(H2,9,10,15,16). The van der Waals surface area contributed by atoms with Gasteiger partial charge in [0, 0.05) is 13.6 Å². The molecule has 0 aromatic carbocycles. The summed E-state index contributed by atoms with van der Waals surface area (Å²) in [6.45, 7) is 2.47. The SMILES string of the molecule is CCCNC(=O)NC(=O)CSc1nnnn1C. The van der Waals surface area contributed by atoms with Gasteiger partial charge in [0.25, 0.3) is 0 Å². The Bertz CT molecular complexity index is 393. The number of imide groups is 1. The smallest absolute Gasteiger partial charge is 0.321 e. The topological polar surface area (TPSA) is 102 Å². The van der Waals surface area contributed by atoms with E-state index >= 15 is 0 Å². The molecule has 0 aliphatic carbocycles. The molecule has 8 nitrogen and oxygen atoms in total. The van der Waals surface area contributed by atoms with Gasteiger partial charge in [-0.25, -0.2) is 9.48 Å². The molecular weight excluding hydrogens is 244 g/mol. The molecule has 0 fully saturated rings. The highest BCUT2D eigenvalue weighted by molar-refractivity contribution is 7.99. The summed E-state index contributed by atoms with van der Waals surface area (Å²) in [5.74, 6) is -0.292. The molecule has 0 radical (unpaired) electrons. The predicted octanol–water partition coefficient (Wildman–Crippen LogP) is -0.462. The van der Waals surface area contributed by atoms with Crippen molar-refractivity contribution >= 4 is 23.7 Å². The lowest BCUT2D eigenvalue weighted by Gasteiger charge is -2.04. The fourth-order valence-corrected chi connectivity index (χ4v) is 1.57. The van der Waals surface area contributed by atoms with E-state index in [0.29, 0.717) is 11.7 Å². The molecule has 0 spiro atoms. The van der Waals surface area contributed by atoms with E-state index in [0.717, 1.165) is 18.2 Å². The molecule has 1 rings (SSSR count). The Morgan fingerprint density at radius 1 is 1.47 bits per heavy atom. The summed E-state index contributed by atoms with van der Waals surface area (Å²) in [6, 6.07) is -0.478. The van der Waals surface area contributed by atoms with Crippen LogP contribution in [-0.4, -0.2) is 44.4 Å². The van der Waals surface area contributed by atoms with Gasteiger partial charge in [0.1, 0.15) is 0 Å². The van der Waals surface area contributed by atoms with E-state index < -0.39 is 6.03 Å². The maximum atomic E-state index is 11.4. The van der Waals surface area contributed by atoms with Crippen LogP contribution in [0.3, 0.4) is 0 Å². The van der Waals surface area contributed by atoms with Crippen LogP contribution in [0.2, 0.25) is 0 Å². The monoisotopic (exact) mass is 258 g/mol. The molecule has 0 bridgehead atoms. The second kappa shape index (κ2) is 6.84. The number of carbonyl (C=O) groups excluding carboxylic acids is 2. The number of tetrazole rings is 1. The Morgan fingerprint density at radius 2 is 2.24 bits per heavy atom. The number of amides is 3. The van der Waals surface area contributed by atoms with Crippen LogP contribution in [0.1, 0.15) is 13.3 Å². The first kappa shape index (κ1) is 13.4. The Morgan fingerprint density at radius 3 is 2.82 bits per heavy atom. The average molecular weight is 258 g/mol. The normalized spacial score (nSPS) is 10.0. The van der Waals surface area contributed by atoms with Crippen molar-refractivity contribution in [2.24, 2.45) is 7.05 Å². The number of carbonyl (C=O) groups is 2. The van der Waals surface area contributed by atoms with E-state index in [9.17, 15) is 9.59 Å². The molecule has 1 aromatic heterocycles. The van der Waals surface area contributed by atoms with Gasteiger partial charge in [-0.15, -0.1) is 5.10 Å². The molecule has 1 aromatic rings. The van der Waals surface area contributed by atoms with Crippen LogP contribution < -0.4 is 10.6 Å². The number of thioether (sulfide) groups is 1. The Kier molecular flexibility index (Phi) is 5.40. The second-order valence-electron chi connectivity index (χ2n) is 3.18. The molecule has 0 atom stereocenters. The van der Waals surface area contributed by atoms with Crippen molar-refractivity contribution in [3.8, 4) is 0 Å². The molecule has 0 aliphatic heterocycles. The lowest BCUT2D eigenvalue weighted by molar-refractivity contribution is -0.117. The van der Waals surface area contributed by atoms with Crippen LogP contribution in [0.25, 0.3) is 0 Å². The summed E-state index contributed by atoms with van der Waals surface area (Å²) in [5, 5.41) is 16.0. The summed E-state index contributed by atoms with van der Waals surface area (Å²) in [7, 11) is 1.67. The minimum atomic E-state index is -0.478. The fourth-order valence-electron chi connectivity index (χ4n) is 0.919. The average Bonchev–Trinajstić information content (AvgIpc) is 2.69. The summed E-state index contributed by atoms with van der Waals surface area (Å²) >= 11 is 1.16. The maximum absolute atomic E-state index is 11.4. The van der Waals surface area contributed by atoms with Crippen LogP contribution in [0.5, 0.6) is 0 Å². The molecule has 2 N–H and O–H groups in total. The van der Waals surface area contributed by atoms with Crippen molar-refractivity contribution < 1.29 is 9.59 Å². The minimum Gasteiger partial charge on any atom is -0.338 e. The van der Waals surface area contributed by atoms with Gasteiger partial charge in [0.2, 0.25) is 11.1 Å². The highest BCUT2D eigenvalue weighted by Crippen LogP contribution is 2.10. The third kappa shape index (κ3) is 4.81. The van der Waals surface area contributed by atoms with Crippen LogP contribution in [0.15, 0.2) is 5.16 Å². The molecular formula is C8H14N6O2S. The van der Waals surface area contributed by atoms with Crippen LogP contribution in [-0.2, 0) is 11.8 Å². The van der Waals surface area contributed by atoms with Gasteiger partial charge in [-0.1, -0.05) is 18.7 Å². The van der Waals surface area contributed by atoms with Crippen LogP contribution in [0.4, 0.5) is 4.79 Å². The minimum absolute atomic E-state index is 0.0910. The Labute approximate surface area is 103 Å². The highest BCUT2D eigenvalue weighted by atomic mass is 32.2. The Balaban J connectivity index is 2.26. The quantitative estimate of drug-likeness (QED) is 0.693. The lowest BCUT2D eigenvalue weighted by Crippen LogP contribution is -2.40. The van der Waals surface area contributed by atoms with Gasteiger partial charge in [-0.2, -0.15) is 0 Å². The molecule has 0 saturated heterocycles. The van der Waals surface area contributed by atoms with E-state index in [-0.39, 0.29) is 11.7 Å². The molecule has 17 heavy (non-hydrogen) atoms. The zero-order valence-corrected chi connectivity index (χ0v) is 10.5. The largest absolute Gasteiger partial charge is 0.338 e. The van der Waals surface area contributed by atoms with Crippen LogP contribution >= 0.6 is 11.8 Å². The number of hydrogen-bond acceptors (Lipinski definition) is 6. The van der Waals surface area contributed by atoms with Crippen molar-refractivity contribution in [3.05, 3.63) is 0 Å². The van der Waals surface area contributed by atoms with Crippen molar-refractivity contribution in [2.75, 3.05) is 12.3 Å². The summed E-state index contributed by atoms with van der Waals surface area (Å²) in [6.07, 6.45) is 0.820. The zero-order valence-electron chi connectivity index (χ0n) is 9.63. The van der Waals surface area contributed by atoms with Gasteiger partial charge in [0.05, 0.1) is 5.75 Å². The molecule has 9 heteroatoms. The number of nitrogens with one attached hydrogen (secondary N) is 2. The second-order valence-corrected chi connectivity index (χ2v) is 4.12. The zero-order chi connectivity index (χ0) is 12.7. The van der Waals surface area contributed by atoms with Crippen LogP contribution in [0, 0.1) is 0 Å². The van der Waals surface area contributed by atoms with E-state index in [4.69, 9.17) is 0 Å². The number of rotatable bonds is 5. The fraction of sp³-hybridized carbons (Fsp3) is 0.625. The van der Waals surface area contributed by atoms with Gasteiger partial charge in [-0.3, -0.25) is 10.1 Å². The van der Waals surface area contributed by atoms with Crippen molar-refractivity contribution in [1.29, 1.82) is 0 Å². The first-order valence-electron chi connectivity index (χ1n) is 5.06. The Hall–Kier alpha value is -1.64. The maximum Gasteiger partial charge on any atom is 0.321 e. The van der Waals surface area contributed by atoms with E-state index in [2.05, 4.69) is 26.2 Å². The van der Waals surface area contributed by atoms with Gasteiger partial charge in [0.15, 0.2) is 0 Å². The van der Waals surface area contributed by atoms with E-state index in [1.54, 1.807) is 7.05 Å². The number of aryl methyl sites for hydroxylation is 1. The number of nitrogens with zero attached hydrogens (tertiary/aromatic N) is 4. The number of urea groups is 1. The van der Waals surface area contributed by atoms with E-state index in [1.807, 2.05) is 6.92 Å². The first-order valence-corrected chi connectivity index (χ1v) is 6.05. The molecule has 0 unspecified atom stereocenters. The molecule has 94 valence electrons.